The quantitative estimate of drug-likeness (QED) is 0.160. The zero-order valence-corrected chi connectivity index (χ0v) is 23.1. The van der Waals surface area contributed by atoms with E-state index >= 15 is 0 Å². The topological polar surface area (TPSA) is 88.0 Å². The molecule has 2 heterocycles. The van der Waals surface area contributed by atoms with Crippen molar-refractivity contribution in [3.05, 3.63) is 126 Å². The van der Waals surface area contributed by atoms with Crippen LogP contribution in [0.15, 0.2) is 120 Å². The van der Waals surface area contributed by atoms with Gasteiger partial charge < -0.3 is 14.4 Å². The molecule has 210 valence electrons. The maximum atomic E-state index is 5.89. The van der Waals surface area contributed by atoms with Crippen molar-refractivity contribution in [1.82, 2.24) is 15.0 Å². The van der Waals surface area contributed by atoms with Gasteiger partial charge in [-0.05, 0) is 59.7 Å². The predicted molar refractivity (Wildman–Crippen MR) is 166 cm³/mol. The number of para-hydroxylation sites is 2. The van der Waals surface area contributed by atoms with Gasteiger partial charge in [0.05, 0.1) is 19.4 Å². The van der Waals surface area contributed by atoms with E-state index in [0.29, 0.717) is 50.8 Å². The molecule has 0 radical (unpaired) electrons. The van der Waals surface area contributed by atoms with Crippen molar-refractivity contribution in [3.8, 4) is 5.75 Å². The van der Waals surface area contributed by atoms with Crippen LogP contribution in [0.5, 0.6) is 5.75 Å². The van der Waals surface area contributed by atoms with Crippen molar-refractivity contribution in [3.63, 3.8) is 0 Å². The van der Waals surface area contributed by atoms with E-state index in [-0.39, 0.29) is 0 Å². The van der Waals surface area contributed by atoms with Gasteiger partial charge in [0.1, 0.15) is 12.4 Å². The van der Waals surface area contributed by atoms with E-state index in [1.165, 1.54) is 0 Å². The second-order valence-electron chi connectivity index (χ2n) is 9.58. The number of hydrogen-bond donors (Lipinski definition) is 1. The molecule has 1 fully saturated rings. The maximum absolute atomic E-state index is 5.89. The Hall–Kier alpha value is -5.28. The lowest BCUT2D eigenvalue weighted by Crippen LogP contribution is -2.37. The van der Waals surface area contributed by atoms with Gasteiger partial charge in [-0.25, -0.2) is 5.43 Å². The van der Waals surface area contributed by atoms with Gasteiger partial charge in [-0.1, -0.05) is 66.7 Å². The minimum atomic E-state index is 0.345. The zero-order valence-electron chi connectivity index (χ0n) is 23.1. The zero-order chi connectivity index (χ0) is 28.4. The molecule has 0 atom stereocenters. The lowest BCUT2D eigenvalue weighted by molar-refractivity contribution is 0.122. The van der Waals surface area contributed by atoms with Crippen LogP contribution < -0.4 is 20.0 Å². The summed E-state index contributed by atoms with van der Waals surface area (Å²) in [6, 6.07) is 38.0. The molecule has 1 saturated heterocycles. The summed E-state index contributed by atoms with van der Waals surface area (Å²) >= 11 is 0. The highest BCUT2D eigenvalue weighted by Gasteiger charge is 2.21. The van der Waals surface area contributed by atoms with Gasteiger partial charge in [-0.2, -0.15) is 20.1 Å². The van der Waals surface area contributed by atoms with Crippen LogP contribution in [0.25, 0.3) is 0 Å². The van der Waals surface area contributed by atoms with E-state index in [1.54, 1.807) is 6.21 Å². The van der Waals surface area contributed by atoms with Gasteiger partial charge in [-0.3, -0.25) is 4.90 Å². The number of nitrogens with zero attached hydrogens (tertiary/aromatic N) is 6. The molecule has 1 N–H and O–H groups in total. The maximum Gasteiger partial charge on any atom is 0.250 e. The first-order chi connectivity index (χ1) is 20.8. The smallest absolute Gasteiger partial charge is 0.250 e. The van der Waals surface area contributed by atoms with Gasteiger partial charge in [0.2, 0.25) is 17.8 Å². The third-order valence-corrected chi connectivity index (χ3v) is 6.64. The van der Waals surface area contributed by atoms with Crippen molar-refractivity contribution in [2.24, 2.45) is 5.10 Å². The normalized spacial score (nSPS) is 13.2. The summed E-state index contributed by atoms with van der Waals surface area (Å²) in [5.41, 5.74) is 6.93. The molecule has 42 heavy (non-hydrogen) atoms. The molecule has 0 unspecified atom stereocenters. The highest BCUT2D eigenvalue weighted by molar-refractivity contribution is 5.80. The van der Waals surface area contributed by atoms with Gasteiger partial charge in [0.15, 0.2) is 0 Å². The molecule has 0 aliphatic carbocycles. The molecule has 0 amide bonds. The number of rotatable bonds is 10. The van der Waals surface area contributed by atoms with E-state index in [0.717, 1.165) is 28.3 Å². The summed E-state index contributed by atoms with van der Waals surface area (Å²) in [4.78, 5) is 18.5. The number of benzene rings is 4. The van der Waals surface area contributed by atoms with E-state index in [9.17, 15) is 0 Å². The van der Waals surface area contributed by atoms with Crippen LogP contribution in [0.3, 0.4) is 0 Å². The summed E-state index contributed by atoms with van der Waals surface area (Å²) in [5, 5.41) is 4.44. The van der Waals surface area contributed by atoms with Gasteiger partial charge >= 0.3 is 0 Å². The lowest BCUT2D eigenvalue weighted by Gasteiger charge is -2.28. The van der Waals surface area contributed by atoms with Crippen LogP contribution in [0.2, 0.25) is 0 Å². The molecule has 9 nitrogen and oxygen atoms in total. The first-order valence-corrected chi connectivity index (χ1v) is 13.9. The first-order valence-electron chi connectivity index (χ1n) is 13.9. The summed E-state index contributed by atoms with van der Waals surface area (Å²) in [6.07, 6.45) is 1.73. The van der Waals surface area contributed by atoms with Crippen molar-refractivity contribution >= 4 is 35.4 Å². The molecule has 1 aromatic heterocycles. The molecule has 5 aromatic rings. The fraction of sp³-hybridized carbons (Fsp3) is 0.152. The van der Waals surface area contributed by atoms with Crippen molar-refractivity contribution < 1.29 is 9.47 Å². The minimum Gasteiger partial charge on any atom is -0.489 e. The van der Waals surface area contributed by atoms with Gasteiger partial charge in [-0.15, -0.1) is 0 Å². The minimum absolute atomic E-state index is 0.345. The highest BCUT2D eigenvalue weighted by atomic mass is 16.5. The Balaban J connectivity index is 1.24. The fourth-order valence-corrected chi connectivity index (χ4v) is 4.50. The largest absolute Gasteiger partial charge is 0.489 e. The fourth-order valence-electron chi connectivity index (χ4n) is 4.50. The average molecular weight is 558 g/mol. The van der Waals surface area contributed by atoms with E-state index in [4.69, 9.17) is 24.4 Å². The number of anilines is 5. The number of aromatic nitrogens is 3. The Labute approximate surface area is 245 Å². The SMILES string of the molecule is C(=N\Nc1nc(N2CCOCC2)nc(N(c2ccccc2)c2ccccc2)n1)/c1ccc(OCc2ccccc2)cc1. The molecule has 0 saturated carbocycles. The number of ether oxygens (including phenoxy) is 2. The summed E-state index contributed by atoms with van der Waals surface area (Å²) < 4.78 is 11.5. The molecule has 1 aliphatic heterocycles. The van der Waals surface area contributed by atoms with E-state index in [2.05, 4.69) is 15.4 Å². The lowest BCUT2D eigenvalue weighted by atomic mass is 10.2. The van der Waals surface area contributed by atoms with Gasteiger partial charge in [0.25, 0.3) is 0 Å². The van der Waals surface area contributed by atoms with Crippen molar-refractivity contribution in [2.45, 2.75) is 6.61 Å². The van der Waals surface area contributed by atoms with E-state index in [1.807, 2.05) is 120 Å². The summed E-state index contributed by atoms with van der Waals surface area (Å²) in [7, 11) is 0. The second-order valence-corrected chi connectivity index (χ2v) is 9.58. The van der Waals surface area contributed by atoms with Crippen molar-refractivity contribution in [1.29, 1.82) is 0 Å². The Kier molecular flexibility index (Phi) is 8.58. The molecule has 1 aliphatic rings. The van der Waals surface area contributed by atoms with Crippen LogP contribution in [-0.4, -0.2) is 47.5 Å². The number of nitrogens with one attached hydrogen (secondary N) is 1. The molecule has 0 bridgehead atoms. The Bertz CT molecular complexity index is 1540. The standard InChI is InChI=1S/C33H31N7O2/c1-4-10-27(11-5-1)25-42-30-18-16-26(17-19-30)24-34-38-31-35-32(39-20-22-41-23-21-39)37-33(36-31)40(28-12-6-2-7-13-28)29-14-8-3-9-15-29/h1-19,24H,20-23,25H2,(H,35,36,37,38)/b34-24+. The van der Waals surface area contributed by atoms with Gasteiger partial charge in [0, 0.05) is 24.5 Å². The van der Waals surface area contributed by atoms with Crippen LogP contribution in [0.1, 0.15) is 11.1 Å². The molecular formula is C33H31N7O2. The highest BCUT2D eigenvalue weighted by Crippen LogP contribution is 2.33. The van der Waals surface area contributed by atoms with Crippen LogP contribution >= 0.6 is 0 Å². The molecular weight excluding hydrogens is 526 g/mol. The van der Waals surface area contributed by atoms with Crippen molar-refractivity contribution in [2.75, 3.05) is 41.5 Å². The Morgan fingerprint density at radius 2 is 1.38 bits per heavy atom. The molecule has 4 aromatic carbocycles. The third kappa shape index (κ3) is 6.89. The second kappa shape index (κ2) is 13.4. The Morgan fingerprint density at radius 1 is 0.762 bits per heavy atom. The summed E-state index contributed by atoms with van der Waals surface area (Å²) in [6.45, 7) is 3.15. The van der Waals surface area contributed by atoms with Crippen LogP contribution in [0, 0.1) is 0 Å². The molecule has 9 heteroatoms. The number of hydrogen-bond acceptors (Lipinski definition) is 9. The predicted octanol–water partition coefficient (Wildman–Crippen LogP) is 6.20. The summed E-state index contributed by atoms with van der Waals surface area (Å²) in [5.74, 6) is 2.19. The van der Waals surface area contributed by atoms with Crippen LogP contribution in [0.4, 0.5) is 29.2 Å². The number of morpholine rings is 1. The molecule has 0 spiro atoms. The molecule has 6 rings (SSSR count). The van der Waals surface area contributed by atoms with E-state index < -0.39 is 0 Å². The van der Waals surface area contributed by atoms with Crippen LogP contribution in [-0.2, 0) is 11.3 Å². The average Bonchev–Trinajstić information content (AvgIpc) is 3.06. The monoisotopic (exact) mass is 557 g/mol. The number of hydrazone groups is 1. The third-order valence-electron chi connectivity index (χ3n) is 6.64. The first kappa shape index (κ1) is 26.9. The Morgan fingerprint density at radius 3 is 2.02 bits per heavy atom.